The van der Waals surface area contributed by atoms with Crippen LogP contribution >= 0.6 is 11.8 Å². The van der Waals surface area contributed by atoms with E-state index in [4.69, 9.17) is 15.6 Å². The zero-order valence-corrected chi connectivity index (χ0v) is 12.0. The molecule has 0 saturated carbocycles. The second kappa shape index (κ2) is 5.81. The Hall–Kier alpha value is -1.24. The van der Waals surface area contributed by atoms with E-state index < -0.39 is 5.54 Å². The van der Waals surface area contributed by atoms with Crippen LogP contribution in [0.3, 0.4) is 0 Å². The molecule has 5 nitrogen and oxygen atoms in total. The highest BCUT2D eigenvalue weighted by Crippen LogP contribution is 2.24. The number of imidazole rings is 1. The fourth-order valence-electron chi connectivity index (χ4n) is 1.57. The molecule has 1 unspecified atom stereocenters. The van der Waals surface area contributed by atoms with Crippen LogP contribution < -0.4 is 10.5 Å². The molecule has 1 atom stereocenters. The lowest BCUT2D eigenvalue weighted by Gasteiger charge is -2.19. The molecule has 0 saturated heterocycles. The number of fused-ring (bicyclic) bond motifs is 1. The number of aromatic nitrogens is 2. The van der Waals surface area contributed by atoms with E-state index in [0.29, 0.717) is 12.4 Å². The molecule has 1 heterocycles. The zero-order chi connectivity index (χ0) is 13.9. The molecular formula is C13H19N3O2S. The highest BCUT2D eigenvalue weighted by Gasteiger charge is 2.18. The van der Waals surface area contributed by atoms with Crippen LogP contribution in [-0.4, -0.2) is 39.6 Å². The lowest BCUT2D eigenvalue weighted by atomic mass is 10.1. The zero-order valence-electron chi connectivity index (χ0n) is 11.1. The van der Waals surface area contributed by atoms with Crippen molar-refractivity contribution in [1.29, 1.82) is 0 Å². The SMILES string of the molecule is CCOc1ccc2nc(SCC(C)(N)CO)[nH]c2c1. The van der Waals surface area contributed by atoms with Gasteiger partial charge in [-0.05, 0) is 26.0 Å². The number of benzene rings is 1. The maximum absolute atomic E-state index is 9.12. The average molecular weight is 281 g/mol. The molecule has 2 rings (SSSR count). The van der Waals surface area contributed by atoms with Gasteiger partial charge >= 0.3 is 0 Å². The molecule has 0 fully saturated rings. The molecule has 2 aromatic rings. The van der Waals surface area contributed by atoms with E-state index in [-0.39, 0.29) is 6.61 Å². The number of hydrogen-bond acceptors (Lipinski definition) is 5. The first-order chi connectivity index (χ1) is 9.04. The Labute approximate surface area is 116 Å². The second-order valence-electron chi connectivity index (χ2n) is 4.75. The summed E-state index contributed by atoms with van der Waals surface area (Å²) in [5.74, 6) is 1.43. The van der Waals surface area contributed by atoms with Gasteiger partial charge in [0.25, 0.3) is 0 Å². The molecule has 4 N–H and O–H groups in total. The van der Waals surface area contributed by atoms with E-state index >= 15 is 0 Å². The van der Waals surface area contributed by atoms with E-state index in [1.54, 1.807) is 0 Å². The summed E-state index contributed by atoms with van der Waals surface area (Å²) in [6.07, 6.45) is 0. The van der Waals surface area contributed by atoms with Crippen molar-refractivity contribution in [3.63, 3.8) is 0 Å². The van der Waals surface area contributed by atoms with Gasteiger partial charge in [-0.3, -0.25) is 0 Å². The molecule has 104 valence electrons. The number of thioether (sulfide) groups is 1. The summed E-state index contributed by atoms with van der Waals surface area (Å²) in [6.45, 7) is 4.36. The van der Waals surface area contributed by atoms with Gasteiger partial charge in [0.1, 0.15) is 5.75 Å². The van der Waals surface area contributed by atoms with Crippen molar-refractivity contribution in [3.05, 3.63) is 18.2 Å². The van der Waals surface area contributed by atoms with Crippen LogP contribution in [0.15, 0.2) is 23.4 Å². The molecule has 0 aliphatic rings. The summed E-state index contributed by atoms with van der Waals surface area (Å²) in [6, 6.07) is 5.76. The molecule has 0 amide bonds. The molecule has 0 aliphatic carbocycles. The highest BCUT2D eigenvalue weighted by molar-refractivity contribution is 7.99. The fraction of sp³-hybridized carbons (Fsp3) is 0.462. The number of nitrogens with zero attached hydrogens (tertiary/aromatic N) is 1. The molecule has 0 aliphatic heterocycles. The minimum Gasteiger partial charge on any atom is -0.494 e. The van der Waals surface area contributed by atoms with Gasteiger partial charge in [-0.2, -0.15) is 0 Å². The predicted molar refractivity (Wildman–Crippen MR) is 77.7 cm³/mol. The number of nitrogens with one attached hydrogen (secondary N) is 1. The van der Waals surface area contributed by atoms with Gasteiger partial charge in [-0.1, -0.05) is 11.8 Å². The number of hydrogen-bond donors (Lipinski definition) is 3. The van der Waals surface area contributed by atoms with Crippen molar-refractivity contribution in [1.82, 2.24) is 9.97 Å². The van der Waals surface area contributed by atoms with Crippen LogP contribution in [0.25, 0.3) is 11.0 Å². The number of aliphatic hydroxyl groups excluding tert-OH is 1. The van der Waals surface area contributed by atoms with Gasteiger partial charge in [0.2, 0.25) is 0 Å². The summed E-state index contributed by atoms with van der Waals surface area (Å²) in [5, 5.41) is 9.92. The molecule has 19 heavy (non-hydrogen) atoms. The summed E-state index contributed by atoms with van der Waals surface area (Å²) < 4.78 is 5.45. The number of aromatic amines is 1. The Morgan fingerprint density at radius 1 is 1.53 bits per heavy atom. The van der Waals surface area contributed by atoms with Crippen molar-refractivity contribution >= 4 is 22.8 Å². The Morgan fingerprint density at radius 2 is 2.32 bits per heavy atom. The largest absolute Gasteiger partial charge is 0.494 e. The third-order valence-corrected chi connectivity index (χ3v) is 3.91. The van der Waals surface area contributed by atoms with E-state index in [2.05, 4.69) is 9.97 Å². The molecular weight excluding hydrogens is 262 g/mol. The van der Waals surface area contributed by atoms with Crippen LogP contribution in [0.2, 0.25) is 0 Å². The molecule has 6 heteroatoms. The van der Waals surface area contributed by atoms with Gasteiger partial charge < -0.3 is 20.6 Å². The third-order valence-electron chi connectivity index (χ3n) is 2.64. The Morgan fingerprint density at radius 3 is 3.00 bits per heavy atom. The first-order valence-electron chi connectivity index (χ1n) is 6.19. The van der Waals surface area contributed by atoms with Crippen molar-refractivity contribution in [3.8, 4) is 5.75 Å². The van der Waals surface area contributed by atoms with Crippen molar-refractivity contribution < 1.29 is 9.84 Å². The standard InChI is InChI=1S/C13H19N3O2S/c1-3-18-9-4-5-10-11(6-9)16-12(15-10)19-8-13(2,14)7-17/h4-6,17H,3,7-8,14H2,1-2H3,(H,15,16). The van der Waals surface area contributed by atoms with Crippen molar-refractivity contribution in [2.24, 2.45) is 5.73 Å². The van der Waals surface area contributed by atoms with Gasteiger partial charge in [-0.15, -0.1) is 0 Å². The second-order valence-corrected chi connectivity index (χ2v) is 5.72. The lowest BCUT2D eigenvalue weighted by Crippen LogP contribution is -2.42. The quantitative estimate of drug-likeness (QED) is 0.703. The Kier molecular flexibility index (Phi) is 4.34. The van der Waals surface area contributed by atoms with Gasteiger partial charge in [0.15, 0.2) is 5.16 Å². The Bertz CT molecular complexity index is 554. The maximum atomic E-state index is 9.12. The number of H-pyrrole nitrogens is 1. The average Bonchev–Trinajstić information content (AvgIpc) is 2.79. The minimum atomic E-state index is -0.597. The normalized spacial score (nSPS) is 14.5. The first-order valence-corrected chi connectivity index (χ1v) is 7.18. The lowest BCUT2D eigenvalue weighted by molar-refractivity contribution is 0.224. The predicted octanol–water partition coefficient (Wildman–Crippen LogP) is 1.76. The van der Waals surface area contributed by atoms with Crippen LogP contribution in [0.1, 0.15) is 13.8 Å². The third kappa shape index (κ3) is 3.62. The smallest absolute Gasteiger partial charge is 0.166 e. The van der Waals surface area contributed by atoms with Gasteiger partial charge in [0.05, 0.1) is 24.2 Å². The van der Waals surface area contributed by atoms with Gasteiger partial charge in [-0.25, -0.2) is 4.98 Å². The summed E-state index contributed by atoms with van der Waals surface area (Å²) in [4.78, 5) is 7.69. The molecule has 1 aromatic heterocycles. The van der Waals surface area contributed by atoms with Crippen molar-refractivity contribution in [2.75, 3.05) is 19.0 Å². The fourth-order valence-corrected chi connectivity index (χ4v) is 2.47. The number of aliphatic hydroxyl groups is 1. The van der Waals surface area contributed by atoms with Gasteiger partial charge in [0, 0.05) is 17.4 Å². The van der Waals surface area contributed by atoms with Crippen LogP contribution in [0, 0.1) is 0 Å². The van der Waals surface area contributed by atoms with Crippen LogP contribution in [-0.2, 0) is 0 Å². The first kappa shape index (κ1) is 14.2. The van der Waals surface area contributed by atoms with Crippen LogP contribution in [0.4, 0.5) is 0 Å². The Balaban J connectivity index is 2.13. The molecule has 0 bridgehead atoms. The number of ether oxygens (including phenoxy) is 1. The topological polar surface area (TPSA) is 84.2 Å². The highest BCUT2D eigenvalue weighted by atomic mass is 32.2. The van der Waals surface area contributed by atoms with E-state index in [0.717, 1.165) is 21.9 Å². The summed E-state index contributed by atoms with van der Waals surface area (Å²) in [7, 11) is 0. The number of rotatable bonds is 6. The monoisotopic (exact) mass is 281 g/mol. The minimum absolute atomic E-state index is 0.0469. The van der Waals surface area contributed by atoms with Crippen molar-refractivity contribution in [2.45, 2.75) is 24.5 Å². The molecule has 0 spiro atoms. The number of nitrogens with two attached hydrogens (primary N) is 1. The van der Waals surface area contributed by atoms with Crippen LogP contribution in [0.5, 0.6) is 5.75 Å². The van der Waals surface area contributed by atoms with E-state index in [1.165, 1.54) is 11.8 Å². The van der Waals surface area contributed by atoms with E-state index in [1.807, 2.05) is 32.0 Å². The maximum Gasteiger partial charge on any atom is 0.166 e. The van der Waals surface area contributed by atoms with E-state index in [9.17, 15) is 0 Å². The summed E-state index contributed by atoms with van der Waals surface area (Å²) in [5.41, 5.74) is 7.13. The molecule has 0 radical (unpaired) electrons. The summed E-state index contributed by atoms with van der Waals surface area (Å²) >= 11 is 1.50. The molecule has 1 aromatic carbocycles.